The zero-order chi connectivity index (χ0) is 17.1. The highest BCUT2D eigenvalue weighted by molar-refractivity contribution is 5.73. The Kier molecular flexibility index (Phi) is 5.36. The molecule has 1 aromatic rings. The number of piperazine rings is 1. The van der Waals surface area contributed by atoms with Crippen molar-refractivity contribution < 1.29 is 19.0 Å². The minimum Gasteiger partial charge on any atom is -0.488 e. The second-order valence-corrected chi connectivity index (χ2v) is 6.64. The third-order valence-electron chi connectivity index (χ3n) is 5.08. The van der Waals surface area contributed by atoms with Crippen molar-refractivity contribution in [3.63, 3.8) is 0 Å². The SMILES string of the molecule is CC(=O)N1CCN([C@H]2CCC[C@@H](Oc3cccc(F)c3)[C@@H]2O)CC1. The first kappa shape index (κ1) is 17.2. The zero-order valence-electron chi connectivity index (χ0n) is 14.0. The van der Waals surface area contributed by atoms with E-state index >= 15 is 0 Å². The first-order valence-corrected chi connectivity index (χ1v) is 8.64. The van der Waals surface area contributed by atoms with E-state index in [-0.39, 0.29) is 23.9 Å². The quantitative estimate of drug-likeness (QED) is 0.912. The minimum atomic E-state index is -0.606. The van der Waals surface area contributed by atoms with Gasteiger partial charge in [0.2, 0.25) is 5.91 Å². The van der Waals surface area contributed by atoms with Crippen LogP contribution in [0.3, 0.4) is 0 Å². The molecule has 5 nitrogen and oxygen atoms in total. The number of halogens is 1. The van der Waals surface area contributed by atoms with Crippen LogP contribution in [0.2, 0.25) is 0 Å². The van der Waals surface area contributed by atoms with Crippen molar-refractivity contribution in [2.24, 2.45) is 0 Å². The van der Waals surface area contributed by atoms with Crippen molar-refractivity contribution in [1.29, 1.82) is 0 Å². The topological polar surface area (TPSA) is 53.0 Å². The number of carbonyl (C=O) groups excluding carboxylic acids is 1. The summed E-state index contributed by atoms with van der Waals surface area (Å²) in [7, 11) is 0. The minimum absolute atomic E-state index is 0.0337. The molecule has 1 amide bonds. The molecule has 1 aliphatic carbocycles. The van der Waals surface area contributed by atoms with Gasteiger partial charge in [-0.15, -0.1) is 0 Å². The molecule has 6 heteroatoms. The number of nitrogens with zero attached hydrogens (tertiary/aromatic N) is 2. The van der Waals surface area contributed by atoms with Crippen LogP contribution >= 0.6 is 0 Å². The Hall–Kier alpha value is -1.66. The first-order valence-electron chi connectivity index (χ1n) is 8.64. The van der Waals surface area contributed by atoms with E-state index in [9.17, 15) is 14.3 Å². The van der Waals surface area contributed by atoms with Crippen molar-refractivity contribution in [2.75, 3.05) is 26.2 Å². The number of aliphatic hydroxyl groups is 1. The largest absolute Gasteiger partial charge is 0.488 e. The van der Waals surface area contributed by atoms with Crippen LogP contribution in [0.15, 0.2) is 24.3 Å². The number of ether oxygens (including phenoxy) is 1. The molecule has 1 aliphatic heterocycles. The van der Waals surface area contributed by atoms with Crippen LogP contribution in [0.5, 0.6) is 5.75 Å². The Morgan fingerprint density at radius 1 is 1.25 bits per heavy atom. The van der Waals surface area contributed by atoms with Crippen LogP contribution in [0.1, 0.15) is 26.2 Å². The predicted octanol–water partition coefficient (Wildman–Crippen LogP) is 1.65. The molecule has 24 heavy (non-hydrogen) atoms. The third-order valence-corrected chi connectivity index (χ3v) is 5.08. The van der Waals surface area contributed by atoms with E-state index in [4.69, 9.17) is 4.74 Å². The van der Waals surface area contributed by atoms with Crippen molar-refractivity contribution in [1.82, 2.24) is 9.80 Å². The molecule has 132 valence electrons. The zero-order valence-corrected chi connectivity index (χ0v) is 14.0. The number of benzene rings is 1. The second kappa shape index (κ2) is 7.49. The van der Waals surface area contributed by atoms with Crippen molar-refractivity contribution >= 4 is 5.91 Å². The van der Waals surface area contributed by atoms with E-state index in [1.165, 1.54) is 12.1 Å². The Labute approximate surface area is 142 Å². The van der Waals surface area contributed by atoms with Crippen molar-refractivity contribution in [2.45, 2.75) is 44.4 Å². The van der Waals surface area contributed by atoms with Crippen LogP contribution in [0, 0.1) is 5.82 Å². The molecular weight excluding hydrogens is 311 g/mol. The molecule has 2 aliphatic rings. The van der Waals surface area contributed by atoms with Crippen molar-refractivity contribution in [3.05, 3.63) is 30.1 Å². The molecule has 1 saturated heterocycles. The fourth-order valence-corrected chi connectivity index (χ4v) is 3.73. The van der Waals surface area contributed by atoms with Gasteiger partial charge in [0.05, 0.1) is 0 Å². The van der Waals surface area contributed by atoms with Gasteiger partial charge in [0.1, 0.15) is 23.8 Å². The molecule has 3 rings (SSSR count). The highest BCUT2D eigenvalue weighted by Gasteiger charge is 2.38. The molecule has 0 aromatic heterocycles. The van der Waals surface area contributed by atoms with Gasteiger partial charge in [0.25, 0.3) is 0 Å². The van der Waals surface area contributed by atoms with E-state index in [0.29, 0.717) is 18.8 Å². The summed E-state index contributed by atoms with van der Waals surface area (Å²) in [6.45, 7) is 4.54. The van der Waals surface area contributed by atoms with Crippen LogP contribution in [-0.4, -0.2) is 65.2 Å². The van der Waals surface area contributed by atoms with Gasteiger partial charge >= 0.3 is 0 Å². The molecule has 0 bridgehead atoms. The smallest absolute Gasteiger partial charge is 0.219 e. The molecule has 1 N–H and O–H groups in total. The lowest BCUT2D eigenvalue weighted by Crippen LogP contribution is -2.58. The van der Waals surface area contributed by atoms with Gasteiger partial charge in [0, 0.05) is 45.2 Å². The molecule has 1 aromatic carbocycles. The number of carbonyl (C=O) groups is 1. The van der Waals surface area contributed by atoms with Crippen LogP contribution < -0.4 is 4.74 Å². The highest BCUT2D eigenvalue weighted by Crippen LogP contribution is 2.28. The number of rotatable bonds is 3. The number of hydrogen-bond acceptors (Lipinski definition) is 4. The maximum absolute atomic E-state index is 13.3. The van der Waals surface area contributed by atoms with Gasteiger partial charge in [-0.05, 0) is 31.4 Å². The van der Waals surface area contributed by atoms with Crippen LogP contribution in [-0.2, 0) is 4.79 Å². The Balaban J connectivity index is 1.61. The van der Waals surface area contributed by atoms with Gasteiger partial charge in [0.15, 0.2) is 0 Å². The molecule has 0 spiro atoms. The molecule has 1 saturated carbocycles. The van der Waals surface area contributed by atoms with Gasteiger partial charge < -0.3 is 14.7 Å². The molecule has 0 unspecified atom stereocenters. The van der Waals surface area contributed by atoms with Gasteiger partial charge in [-0.3, -0.25) is 9.69 Å². The molecule has 3 atom stereocenters. The van der Waals surface area contributed by atoms with Gasteiger partial charge in [-0.25, -0.2) is 4.39 Å². The summed E-state index contributed by atoms with van der Waals surface area (Å²) in [5, 5.41) is 10.7. The van der Waals surface area contributed by atoms with E-state index in [1.807, 2.05) is 4.90 Å². The standard InChI is InChI=1S/C18H25FN2O3/c1-13(22)20-8-10-21(11-9-20)16-6-3-7-17(18(16)23)24-15-5-2-4-14(19)12-15/h2,4-5,12,16-18,23H,3,6-11H2,1H3/t16-,17+,18+/m0/s1. The molecule has 1 heterocycles. The van der Waals surface area contributed by atoms with E-state index in [0.717, 1.165) is 32.4 Å². The summed E-state index contributed by atoms with van der Waals surface area (Å²) < 4.78 is 19.2. The average molecular weight is 336 g/mol. The fourth-order valence-electron chi connectivity index (χ4n) is 3.73. The van der Waals surface area contributed by atoms with Gasteiger partial charge in [-0.1, -0.05) is 6.07 Å². The van der Waals surface area contributed by atoms with Gasteiger partial charge in [-0.2, -0.15) is 0 Å². The normalized spacial score (nSPS) is 28.6. The number of amides is 1. The lowest BCUT2D eigenvalue weighted by atomic mass is 9.88. The molecule has 2 fully saturated rings. The Morgan fingerprint density at radius 3 is 2.67 bits per heavy atom. The van der Waals surface area contributed by atoms with E-state index in [1.54, 1.807) is 19.1 Å². The summed E-state index contributed by atoms with van der Waals surface area (Å²) in [6, 6.07) is 6.08. The summed E-state index contributed by atoms with van der Waals surface area (Å²) >= 11 is 0. The Bertz CT molecular complexity index is 575. The maximum Gasteiger partial charge on any atom is 0.219 e. The predicted molar refractivity (Wildman–Crippen MR) is 88.3 cm³/mol. The van der Waals surface area contributed by atoms with Crippen LogP contribution in [0.4, 0.5) is 4.39 Å². The summed E-state index contributed by atoms with van der Waals surface area (Å²) in [5.74, 6) is 0.224. The summed E-state index contributed by atoms with van der Waals surface area (Å²) in [4.78, 5) is 15.5. The maximum atomic E-state index is 13.3. The Morgan fingerprint density at radius 2 is 2.00 bits per heavy atom. The lowest BCUT2D eigenvalue weighted by molar-refractivity contribution is -0.132. The number of aliphatic hydroxyl groups excluding tert-OH is 1. The number of hydrogen-bond donors (Lipinski definition) is 1. The summed E-state index contributed by atoms with van der Waals surface area (Å²) in [6.07, 6.45) is 1.72. The summed E-state index contributed by atoms with van der Waals surface area (Å²) in [5.41, 5.74) is 0. The van der Waals surface area contributed by atoms with Crippen LogP contribution in [0.25, 0.3) is 0 Å². The average Bonchev–Trinajstić information content (AvgIpc) is 2.57. The van der Waals surface area contributed by atoms with Crippen molar-refractivity contribution in [3.8, 4) is 5.75 Å². The van der Waals surface area contributed by atoms with E-state index < -0.39 is 6.10 Å². The lowest BCUT2D eigenvalue weighted by Gasteiger charge is -2.44. The third kappa shape index (κ3) is 3.87. The first-order chi connectivity index (χ1) is 11.5. The molecular formula is C18H25FN2O3. The second-order valence-electron chi connectivity index (χ2n) is 6.64. The van der Waals surface area contributed by atoms with E-state index in [2.05, 4.69) is 4.90 Å². The monoisotopic (exact) mass is 336 g/mol. The highest BCUT2D eigenvalue weighted by atomic mass is 19.1. The fraction of sp³-hybridized carbons (Fsp3) is 0.611. The molecule has 0 radical (unpaired) electrons.